The number of halogens is 1. The van der Waals surface area contributed by atoms with Crippen molar-refractivity contribution >= 4 is 51.5 Å². The van der Waals surface area contributed by atoms with Crippen LogP contribution in [0.15, 0.2) is 41.7 Å². The zero-order chi connectivity index (χ0) is 40.9. The number of rotatable bonds is 9. The smallest absolute Gasteiger partial charge is 0.410 e. The first-order valence-electron chi connectivity index (χ1n) is 19.3. The summed E-state index contributed by atoms with van der Waals surface area (Å²) >= 11 is 0. The molecule has 0 aliphatic carbocycles. The van der Waals surface area contributed by atoms with Crippen LogP contribution in [0.4, 0.5) is 15.0 Å². The van der Waals surface area contributed by atoms with Crippen molar-refractivity contribution in [1.82, 2.24) is 19.9 Å². The van der Waals surface area contributed by atoms with Gasteiger partial charge in [-0.15, -0.1) is 5.54 Å². The van der Waals surface area contributed by atoms with Gasteiger partial charge in [-0.1, -0.05) is 59.6 Å². The normalized spacial score (nSPS) is 17.6. The van der Waals surface area contributed by atoms with Gasteiger partial charge < -0.3 is 19.1 Å². The summed E-state index contributed by atoms with van der Waals surface area (Å²) in [6, 6.07) is 8.99. The van der Waals surface area contributed by atoms with Crippen LogP contribution in [0.25, 0.3) is 32.9 Å². The minimum Gasteiger partial charge on any atom is -0.468 e. The molecule has 4 aromatic rings. The van der Waals surface area contributed by atoms with E-state index < -0.39 is 34.5 Å². The molecule has 2 fully saturated rings. The van der Waals surface area contributed by atoms with Gasteiger partial charge in [0.2, 0.25) is 15.0 Å². The summed E-state index contributed by atoms with van der Waals surface area (Å²) in [6.07, 6.45) is 3.62. The predicted octanol–water partition coefficient (Wildman–Crippen LogP) is 8.53. The minimum absolute atomic E-state index is 0.0269. The summed E-state index contributed by atoms with van der Waals surface area (Å²) in [5.74, 6) is 3.46. The Bertz CT molecular complexity index is 2300. The van der Waals surface area contributed by atoms with E-state index in [0.717, 1.165) is 30.0 Å². The Morgan fingerprint density at radius 2 is 1.66 bits per heavy atom. The summed E-state index contributed by atoms with van der Waals surface area (Å²) in [7, 11) is -4.60. The van der Waals surface area contributed by atoms with Gasteiger partial charge in [-0.3, -0.25) is 9.88 Å². The molecule has 11 nitrogen and oxygen atoms in total. The lowest BCUT2D eigenvalue weighted by Gasteiger charge is -2.42. The molecular weight excluding hydrogens is 750 g/mol. The fourth-order valence-electron chi connectivity index (χ4n) is 8.82. The first-order chi connectivity index (χ1) is 26.3. The number of nitrogens with zero attached hydrogens (tertiary/aromatic N) is 5. The monoisotopic (exact) mass is 803 g/mol. The van der Waals surface area contributed by atoms with Crippen molar-refractivity contribution in [1.29, 1.82) is 0 Å². The summed E-state index contributed by atoms with van der Waals surface area (Å²) in [5, 5.41) is 1.23. The summed E-state index contributed by atoms with van der Waals surface area (Å²) in [5.41, 5.74) is 5.34. The number of benzene rings is 2. The molecule has 4 heterocycles. The number of anilines is 1. The van der Waals surface area contributed by atoms with E-state index in [4.69, 9.17) is 19.2 Å². The maximum atomic E-state index is 17.4. The number of pyridine rings is 1. The van der Waals surface area contributed by atoms with E-state index in [1.165, 1.54) is 13.3 Å². The van der Waals surface area contributed by atoms with E-state index in [2.05, 4.69) is 63.0 Å². The van der Waals surface area contributed by atoms with Gasteiger partial charge >= 0.3 is 6.09 Å². The van der Waals surface area contributed by atoms with Gasteiger partial charge in [0.05, 0.1) is 17.5 Å². The topological polar surface area (TPSA) is 124 Å². The zero-order valence-corrected chi connectivity index (χ0v) is 36.2. The lowest BCUT2D eigenvalue weighted by molar-refractivity contribution is 0.0122. The Kier molecular flexibility index (Phi) is 11.5. The molecule has 300 valence electrons. The lowest BCUT2D eigenvalue weighted by Crippen LogP contribution is -2.57. The molecule has 0 saturated carbocycles. The van der Waals surface area contributed by atoms with Crippen LogP contribution < -0.4 is 9.64 Å². The molecule has 6 rings (SSSR count). The molecule has 14 heteroatoms. The van der Waals surface area contributed by atoms with Crippen LogP contribution in [0.2, 0.25) is 16.6 Å². The van der Waals surface area contributed by atoms with Gasteiger partial charge in [0.15, 0.2) is 12.6 Å². The lowest BCUT2D eigenvalue weighted by atomic mass is 9.96. The van der Waals surface area contributed by atoms with Crippen LogP contribution >= 0.6 is 0 Å². The Morgan fingerprint density at radius 3 is 2.23 bits per heavy atom. The molecule has 2 aromatic carbocycles. The molecule has 2 aromatic heterocycles. The summed E-state index contributed by atoms with van der Waals surface area (Å²) in [6.45, 7) is 19.7. The molecule has 2 aliphatic heterocycles. The number of carbonyl (C=O) groups is 1. The first kappa shape index (κ1) is 41.3. The molecule has 2 bridgehead atoms. The molecule has 2 atom stereocenters. The maximum absolute atomic E-state index is 17.4. The van der Waals surface area contributed by atoms with Crippen LogP contribution in [0.5, 0.6) is 5.75 Å². The largest absolute Gasteiger partial charge is 0.468 e. The van der Waals surface area contributed by atoms with E-state index in [9.17, 15) is 13.2 Å². The molecule has 0 spiro atoms. The number of methoxy groups -OCH3 is 1. The molecule has 56 heavy (non-hydrogen) atoms. The maximum Gasteiger partial charge on any atom is 0.410 e. The van der Waals surface area contributed by atoms with Gasteiger partial charge in [-0.05, 0) is 73.8 Å². The fraction of sp³-hybridized carbons (Fsp3) is 0.524. The number of carbonyl (C=O) groups excluding carboxylic acids is 1. The van der Waals surface area contributed by atoms with Crippen molar-refractivity contribution in [2.45, 2.75) is 115 Å². The SMILES string of the molecule is COCOc1cc(-c2ncc3c(N4CC5CCC(C4)N5C(=O)OC(C)(C)C)nc(S(C)(=O)=O)nc3c2F)c2c(C#C[Si](C(C)C)(C(C)C)C(C)C)cccc2c1. The van der Waals surface area contributed by atoms with Gasteiger partial charge in [0, 0.05) is 49.2 Å². The van der Waals surface area contributed by atoms with Crippen LogP contribution in [0, 0.1) is 17.3 Å². The highest BCUT2D eigenvalue weighted by Gasteiger charge is 2.45. The number of sulfone groups is 1. The van der Waals surface area contributed by atoms with E-state index >= 15 is 4.39 Å². The van der Waals surface area contributed by atoms with Crippen LogP contribution in [-0.4, -0.2) is 93.4 Å². The van der Waals surface area contributed by atoms with Gasteiger partial charge in [-0.2, -0.15) is 0 Å². The number of hydrogen-bond donors (Lipinski definition) is 0. The quantitative estimate of drug-likeness (QED) is 0.0704. The molecule has 1 amide bonds. The van der Waals surface area contributed by atoms with E-state index in [1.807, 2.05) is 49.9 Å². The van der Waals surface area contributed by atoms with Gasteiger partial charge in [-0.25, -0.2) is 27.6 Å². The summed E-state index contributed by atoms with van der Waals surface area (Å²) in [4.78, 5) is 30.5. The fourth-order valence-corrected chi connectivity index (χ4v) is 14.5. The van der Waals surface area contributed by atoms with Crippen LogP contribution in [0.1, 0.15) is 80.7 Å². The second kappa shape index (κ2) is 15.6. The van der Waals surface area contributed by atoms with Gasteiger partial charge in [0.25, 0.3) is 0 Å². The number of piperazine rings is 1. The average Bonchev–Trinajstić information content (AvgIpc) is 3.38. The molecule has 0 N–H and O–H groups in total. The van der Waals surface area contributed by atoms with Crippen molar-refractivity contribution < 1.29 is 31.8 Å². The zero-order valence-electron chi connectivity index (χ0n) is 34.4. The highest BCUT2D eigenvalue weighted by Crippen LogP contribution is 2.43. The highest BCUT2D eigenvalue weighted by molar-refractivity contribution is 7.90. The van der Waals surface area contributed by atoms with E-state index in [1.54, 1.807) is 11.0 Å². The minimum atomic E-state index is -3.98. The molecule has 2 saturated heterocycles. The standard InChI is InChI=1S/C42H54FN5O6SSi/c1-25(2)56(26(3)4,27(5)6)18-17-28-13-12-14-29-19-32(53-24-52-10)20-33(35(28)29)37-36(43)38-34(21-44-37)39(46-40(45-38)55(11,50)51)47-22-30-15-16-31(23-47)48(30)41(49)54-42(7,8)9/h12-14,19-21,25-27,30-31H,15-16,22-24H2,1-11H3. The number of ether oxygens (including phenoxy) is 3. The van der Waals surface area contributed by atoms with E-state index in [-0.39, 0.29) is 47.4 Å². The average molecular weight is 804 g/mol. The van der Waals surface area contributed by atoms with Gasteiger partial charge in [0.1, 0.15) is 36.5 Å². The van der Waals surface area contributed by atoms with Crippen molar-refractivity contribution in [2.24, 2.45) is 0 Å². The third kappa shape index (κ3) is 7.82. The predicted molar refractivity (Wildman–Crippen MR) is 221 cm³/mol. The number of hydrogen-bond acceptors (Lipinski definition) is 10. The third-order valence-electron chi connectivity index (χ3n) is 11.2. The molecule has 2 unspecified atom stereocenters. The number of aromatic nitrogens is 3. The Hall–Kier alpha value is -4.32. The second-order valence-electron chi connectivity index (χ2n) is 17.0. The Balaban J connectivity index is 1.54. The highest BCUT2D eigenvalue weighted by atomic mass is 32.2. The number of amides is 1. The summed E-state index contributed by atoms with van der Waals surface area (Å²) < 4.78 is 60.3. The van der Waals surface area contributed by atoms with Crippen molar-refractivity contribution in [3.05, 3.63) is 47.9 Å². The Labute approximate surface area is 331 Å². The van der Waals surface area contributed by atoms with Crippen molar-refractivity contribution in [3.63, 3.8) is 0 Å². The van der Waals surface area contributed by atoms with Crippen molar-refractivity contribution in [3.8, 4) is 28.5 Å². The van der Waals surface area contributed by atoms with Crippen molar-refractivity contribution in [2.75, 3.05) is 38.1 Å². The first-order valence-corrected chi connectivity index (χ1v) is 23.4. The van der Waals surface area contributed by atoms with E-state index in [0.29, 0.717) is 46.4 Å². The molecule has 2 aliphatic rings. The third-order valence-corrected chi connectivity index (χ3v) is 18.3. The van der Waals surface area contributed by atoms with Crippen LogP contribution in [-0.2, 0) is 19.3 Å². The Morgan fingerprint density at radius 1 is 1.02 bits per heavy atom. The molecular formula is C42H54FN5O6SSi. The molecule has 0 radical (unpaired) electrons. The number of fused-ring (bicyclic) bond motifs is 4. The second-order valence-corrected chi connectivity index (χ2v) is 24.5. The van der Waals surface area contributed by atoms with Crippen LogP contribution in [0.3, 0.4) is 0 Å².